The molecule has 0 aromatic carbocycles. The Labute approximate surface area is 106 Å². The molecule has 0 heterocycles. The van der Waals surface area contributed by atoms with E-state index < -0.39 is 22.8 Å². The number of esters is 2. The molecule has 0 unspecified atom stereocenters. The molecule has 0 aromatic rings. The Morgan fingerprint density at radius 3 is 1.61 bits per heavy atom. The fourth-order valence-electron chi connectivity index (χ4n) is 2.81. The summed E-state index contributed by atoms with van der Waals surface area (Å²) in [7, 11) is 2.67. The second-order valence-corrected chi connectivity index (χ2v) is 4.52. The number of rotatable bonds is 2. The van der Waals surface area contributed by atoms with Crippen molar-refractivity contribution in [3.63, 3.8) is 0 Å². The number of allylic oxidation sites excluding steroid dienone is 4. The maximum absolute atomic E-state index is 12.2. The topological polar surface area (TPSA) is 52.6 Å². The molecule has 0 aromatic heterocycles. The molecule has 0 bridgehead atoms. The van der Waals surface area contributed by atoms with Crippen molar-refractivity contribution in [1.82, 2.24) is 0 Å². The van der Waals surface area contributed by atoms with Gasteiger partial charge in [0.05, 0.1) is 14.2 Å². The van der Waals surface area contributed by atoms with Crippen LogP contribution in [0.25, 0.3) is 0 Å². The van der Waals surface area contributed by atoms with Gasteiger partial charge in [0.25, 0.3) is 0 Å². The summed E-state index contributed by atoms with van der Waals surface area (Å²) in [6.45, 7) is 0. The van der Waals surface area contributed by atoms with Crippen LogP contribution in [0, 0.1) is 10.8 Å². The lowest BCUT2D eigenvalue weighted by Gasteiger charge is -2.45. The zero-order valence-corrected chi connectivity index (χ0v) is 10.5. The Morgan fingerprint density at radius 1 is 0.889 bits per heavy atom. The highest BCUT2D eigenvalue weighted by Gasteiger charge is 2.60. The molecule has 2 aliphatic rings. The SMILES string of the molecule is COC(=O)[C@@]12C=CC=C[C@@]1(C(=O)OC)CC=CC2. The van der Waals surface area contributed by atoms with Crippen LogP contribution in [0.3, 0.4) is 0 Å². The Hall–Kier alpha value is -1.84. The molecule has 4 heteroatoms. The molecular formula is C14H16O4. The van der Waals surface area contributed by atoms with Gasteiger partial charge in [0.1, 0.15) is 10.8 Å². The first-order valence-corrected chi connectivity index (χ1v) is 5.82. The number of hydrogen-bond donors (Lipinski definition) is 0. The molecule has 0 radical (unpaired) electrons. The van der Waals surface area contributed by atoms with Gasteiger partial charge in [-0.3, -0.25) is 9.59 Å². The van der Waals surface area contributed by atoms with Crippen molar-refractivity contribution >= 4 is 11.9 Å². The number of methoxy groups -OCH3 is 2. The highest BCUT2D eigenvalue weighted by molar-refractivity contribution is 5.93. The van der Waals surface area contributed by atoms with Crippen LogP contribution < -0.4 is 0 Å². The number of carbonyl (C=O) groups is 2. The van der Waals surface area contributed by atoms with Crippen LogP contribution in [-0.4, -0.2) is 26.2 Å². The second-order valence-electron chi connectivity index (χ2n) is 4.52. The number of hydrogen-bond acceptors (Lipinski definition) is 4. The first kappa shape index (κ1) is 12.6. The highest BCUT2D eigenvalue weighted by atomic mass is 16.5. The normalized spacial score (nSPS) is 32.8. The minimum atomic E-state index is -0.988. The Bertz CT molecular complexity index is 418. The summed E-state index contributed by atoms with van der Waals surface area (Å²) in [5.41, 5.74) is -1.98. The molecule has 18 heavy (non-hydrogen) atoms. The van der Waals surface area contributed by atoms with Crippen LogP contribution >= 0.6 is 0 Å². The standard InChI is InChI=1S/C14H16O4/c1-17-11(15)13-7-3-5-9-14(13,12(16)18-2)10-6-4-8-13/h3-7,9H,8,10H2,1-2H3/t13-,14-/m0/s1. The third-order valence-corrected chi connectivity index (χ3v) is 3.81. The maximum atomic E-state index is 12.2. The van der Waals surface area contributed by atoms with Crippen molar-refractivity contribution in [2.45, 2.75) is 12.8 Å². The minimum absolute atomic E-state index is 0.405. The monoisotopic (exact) mass is 248 g/mol. The van der Waals surface area contributed by atoms with E-state index in [1.54, 1.807) is 24.3 Å². The van der Waals surface area contributed by atoms with E-state index in [1.807, 2.05) is 12.2 Å². The van der Waals surface area contributed by atoms with Crippen LogP contribution in [0.2, 0.25) is 0 Å². The highest BCUT2D eigenvalue weighted by Crippen LogP contribution is 2.53. The van der Waals surface area contributed by atoms with Gasteiger partial charge in [-0.15, -0.1) is 0 Å². The largest absolute Gasteiger partial charge is 0.468 e. The van der Waals surface area contributed by atoms with Gasteiger partial charge in [0.15, 0.2) is 0 Å². The predicted molar refractivity (Wildman–Crippen MR) is 65.6 cm³/mol. The molecule has 2 rings (SSSR count). The van der Waals surface area contributed by atoms with Crippen LogP contribution in [0.15, 0.2) is 36.5 Å². The van der Waals surface area contributed by atoms with E-state index in [0.717, 1.165) is 0 Å². The summed E-state index contributed by atoms with van der Waals surface area (Å²) in [6, 6.07) is 0. The summed E-state index contributed by atoms with van der Waals surface area (Å²) < 4.78 is 9.81. The van der Waals surface area contributed by atoms with Crippen LogP contribution in [0.4, 0.5) is 0 Å². The second kappa shape index (κ2) is 4.44. The summed E-state index contributed by atoms with van der Waals surface area (Å²) in [5.74, 6) is -0.810. The van der Waals surface area contributed by atoms with E-state index in [9.17, 15) is 9.59 Å². The number of carbonyl (C=O) groups excluding carboxylic acids is 2. The average molecular weight is 248 g/mol. The maximum Gasteiger partial charge on any atom is 0.317 e. The van der Waals surface area contributed by atoms with Gasteiger partial charge in [-0.05, 0) is 12.8 Å². The smallest absolute Gasteiger partial charge is 0.317 e. The molecule has 96 valence electrons. The van der Waals surface area contributed by atoms with Gasteiger partial charge < -0.3 is 9.47 Å². The third kappa shape index (κ3) is 1.45. The Kier molecular flexibility index (Phi) is 3.11. The Balaban J connectivity index is 2.60. The van der Waals surface area contributed by atoms with Crippen molar-refractivity contribution in [3.8, 4) is 0 Å². The summed E-state index contributed by atoms with van der Waals surface area (Å²) in [4.78, 5) is 24.4. The lowest BCUT2D eigenvalue weighted by Crippen LogP contribution is -2.53. The van der Waals surface area contributed by atoms with Gasteiger partial charge in [0, 0.05) is 0 Å². The quantitative estimate of drug-likeness (QED) is 0.552. The van der Waals surface area contributed by atoms with Crippen molar-refractivity contribution < 1.29 is 19.1 Å². The summed E-state index contributed by atoms with van der Waals surface area (Å²) in [5, 5.41) is 0. The number of ether oxygens (including phenoxy) is 2. The molecule has 0 saturated carbocycles. The number of fused-ring (bicyclic) bond motifs is 1. The van der Waals surface area contributed by atoms with E-state index >= 15 is 0 Å². The minimum Gasteiger partial charge on any atom is -0.468 e. The average Bonchev–Trinajstić information content (AvgIpc) is 2.44. The summed E-state index contributed by atoms with van der Waals surface area (Å²) in [6.07, 6.45) is 11.7. The first-order chi connectivity index (χ1) is 8.63. The van der Waals surface area contributed by atoms with E-state index in [0.29, 0.717) is 12.8 Å². The van der Waals surface area contributed by atoms with E-state index in [-0.39, 0.29) is 0 Å². The van der Waals surface area contributed by atoms with Gasteiger partial charge in [-0.25, -0.2) is 0 Å². The van der Waals surface area contributed by atoms with Gasteiger partial charge >= 0.3 is 11.9 Å². The van der Waals surface area contributed by atoms with Crippen LogP contribution in [-0.2, 0) is 19.1 Å². The Morgan fingerprint density at radius 2 is 1.28 bits per heavy atom. The van der Waals surface area contributed by atoms with E-state index in [1.165, 1.54) is 14.2 Å². The molecule has 2 aliphatic carbocycles. The van der Waals surface area contributed by atoms with Crippen LogP contribution in [0.5, 0.6) is 0 Å². The zero-order valence-electron chi connectivity index (χ0n) is 10.5. The van der Waals surface area contributed by atoms with E-state index in [4.69, 9.17) is 9.47 Å². The fraction of sp³-hybridized carbons (Fsp3) is 0.429. The lowest BCUT2D eigenvalue weighted by atomic mass is 9.56. The van der Waals surface area contributed by atoms with E-state index in [2.05, 4.69) is 0 Å². The molecule has 0 saturated heterocycles. The fourth-order valence-corrected chi connectivity index (χ4v) is 2.81. The molecule has 2 atom stereocenters. The molecule has 4 nitrogen and oxygen atoms in total. The van der Waals surface area contributed by atoms with Gasteiger partial charge in [-0.2, -0.15) is 0 Å². The van der Waals surface area contributed by atoms with Gasteiger partial charge in [-0.1, -0.05) is 36.5 Å². The predicted octanol–water partition coefficient (Wildman–Crippen LogP) is 1.78. The van der Waals surface area contributed by atoms with Crippen molar-refractivity contribution in [2.75, 3.05) is 14.2 Å². The summed E-state index contributed by atoms with van der Waals surface area (Å²) >= 11 is 0. The van der Waals surface area contributed by atoms with Gasteiger partial charge in [0.2, 0.25) is 0 Å². The van der Waals surface area contributed by atoms with Crippen molar-refractivity contribution in [3.05, 3.63) is 36.5 Å². The molecule has 0 fully saturated rings. The lowest BCUT2D eigenvalue weighted by molar-refractivity contribution is -0.169. The van der Waals surface area contributed by atoms with Crippen molar-refractivity contribution in [1.29, 1.82) is 0 Å². The molecule has 0 spiro atoms. The zero-order chi connectivity index (χ0) is 13.2. The first-order valence-electron chi connectivity index (χ1n) is 5.82. The van der Waals surface area contributed by atoms with Crippen molar-refractivity contribution in [2.24, 2.45) is 10.8 Å². The molecule has 0 N–H and O–H groups in total. The third-order valence-electron chi connectivity index (χ3n) is 3.81. The molecule has 0 amide bonds. The van der Waals surface area contributed by atoms with Crippen LogP contribution in [0.1, 0.15) is 12.8 Å². The molecular weight excluding hydrogens is 232 g/mol. The molecule has 0 aliphatic heterocycles.